The third-order valence-electron chi connectivity index (χ3n) is 2.99. The maximum atomic E-state index is 11.4. The summed E-state index contributed by atoms with van der Waals surface area (Å²) in [4.78, 5) is 0.378. The van der Waals surface area contributed by atoms with E-state index in [2.05, 4.69) is 21.2 Å². The fourth-order valence-electron chi connectivity index (χ4n) is 2.02. The minimum atomic E-state index is -3.13. The van der Waals surface area contributed by atoms with Gasteiger partial charge in [0.1, 0.15) is 6.10 Å². The first-order valence-electron chi connectivity index (χ1n) is 5.68. The van der Waals surface area contributed by atoms with Crippen LogP contribution in [0.1, 0.15) is 25.7 Å². The predicted octanol–water partition coefficient (Wildman–Crippen LogP) is 2.04. The number of ether oxygens (including phenoxy) is 1. The number of sulfone groups is 1. The molecule has 1 N–H and O–H groups in total. The molecular weight excluding hydrogens is 306 g/mol. The van der Waals surface area contributed by atoms with Crippen LogP contribution in [0.5, 0.6) is 0 Å². The van der Waals surface area contributed by atoms with E-state index in [1.54, 1.807) is 6.08 Å². The molecule has 4 nitrogen and oxygen atoms in total. The van der Waals surface area contributed by atoms with Crippen molar-refractivity contribution >= 4 is 25.8 Å². The molecule has 0 saturated heterocycles. The lowest BCUT2D eigenvalue weighted by Gasteiger charge is -2.22. The molecule has 0 radical (unpaired) electrons. The highest BCUT2D eigenvalue weighted by atomic mass is 79.9. The standard InChI is InChI=1S/C11H16BrNO3S/c1-17(14,15)9-6-10(12)11(13-7-9)16-8-4-2-3-5-8/h6,8,13H,2-5,7H2,1H3. The van der Waals surface area contributed by atoms with E-state index in [1.165, 1.54) is 19.1 Å². The van der Waals surface area contributed by atoms with Gasteiger partial charge in [-0.1, -0.05) is 0 Å². The fraction of sp³-hybridized carbons (Fsp3) is 0.636. The summed E-state index contributed by atoms with van der Waals surface area (Å²) in [6.07, 6.45) is 7.67. The molecule has 1 heterocycles. The van der Waals surface area contributed by atoms with Gasteiger partial charge < -0.3 is 10.1 Å². The Balaban J connectivity index is 2.11. The van der Waals surface area contributed by atoms with Crippen molar-refractivity contribution in [3.05, 3.63) is 21.3 Å². The van der Waals surface area contributed by atoms with Gasteiger partial charge in [-0.25, -0.2) is 8.42 Å². The molecule has 0 aromatic heterocycles. The van der Waals surface area contributed by atoms with Crippen LogP contribution in [0.4, 0.5) is 0 Å². The molecule has 0 unspecified atom stereocenters. The summed E-state index contributed by atoms with van der Waals surface area (Å²) in [5.41, 5.74) is 0. The first kappa shape index (κ1) is 13.0. The number of dihydropyridines is 1. The lowest BCUT2D eigenvalue weighted by atomic mass is 10.3. The third-order valence-corrected chi connectivity index (χ3v) is 4.79. The van der Waals surface area contributed by atoms with Crippen LogP contribution in [0.15, 0.2) is 21.3 Å². The van der Waals surface area contributed by atoms with E-state index >= 15 is 0 Å². The van der Waals surface area contributed by atoms with E-state index in [0.29, 0.717) is 21.8 Å². The first-order valence-corrected chi connectivity index (χ1v) is 8.36. The van der Waals surface area contributed by atoms with Crippen LogP contribution >= 0.6 is 15.9 Å². The summed E-state index contributed by atoms with van der Waals surface area (Å²) < 4.78 is 29.3. The monoisotopic (exact) mass is 321 g/mol. The lowest BCUT2D eigenvalue weighted by molar-refractivity contribution is 0.107. The van der Waals surface area contributed by atoms with Gasteiger partial charge in [0.2, 0.25) is 5.88 Å². The number of rotatable bonds is 3. The lowest BCUT2D eigenvalue weighted by Crippen LogP contribution is -2.28. The van der Waals surface area contributed by atoms with Crippen LogP contribution < -0.4 is 5.32 Å². The number of hydrogen-bond acceptors (Lipinski definition) is 4. The quantitative estimate of drug-likeness (QED) is 0.864. The average molecular weight is 322 g/mol. The number of hydrogen-bond donors (Lipinski definition) is 1. The minimum Gasteiger partial charge on any atom is -0.475 e. The van der Waals surface area contributed by atoms with E-state index < -0.39 is 9.84 Å². The zero-order valence-corrected chi connectivity index (χ0v) is 12.1. The van der Waals surface area contributed by atoms with Gasteiger partial charge in [-0.15, -0.1) is 0 Å². The summed E-state index contributed by atoms with van der Waals surface area (Å²) in [6, 6.07) is 0. The van der Waals surface area contributed by atoms with Crippen molar-refractivity contribution in [3.8, 4) is 0 Å². The van der Waals surface area contributed by atoms with Gasteiger partial charge in [0.25, 0.3) is 0 Å². The Kier molecular flexibility index (Phi) is 3.82. The summed E-state index contributed by atoms with van der Waals surface area (Å²) in [5, 5.41) is 3.02. The molecule has 0 bridgehead atoms. The van der Waals surface area contributed by atoms with Gasteiger partial charge in [-0.3, -0.25) is 0 Å². The van der Waals surface area contributed by atoms with Crippen molar-refractivity contribution in [2.24, 2.45) is 0 Å². The Labute approximate surface area is 110 Å². The van der Waals surface area contributed by atoms with E-state index in [-0.39, 0.29) is 6.10 Å². The summed E-state index contributed by atoms with van der Waals surface area (Å²) in [7, 11) is -3.13. The van der Waals surface area contributed by atoms with Crippen LogP contribution in [-0.2, 0) is 14.6 Å². The topological polar surface area (TPSA) is 55.4 Å². The maximum Gasteiger partial charge on any atom is 0.201 e. The van der Waals surface area contributed by atoms with Gasteiger partial charge in [0.05, 0.1) is 15.9 Å². The second-order valence-electron chi connectivity index (χ2n) is 4.44. The molecule has 1 saturated carbocycles. The highest BCUT2D eigenvalue weighted by molar-refractivity contribution is 9.11. The van der Waals surface area contributed by atoms with Gasteiger partial charge in [-0.2, -0.15) is 0 Å². The molecule has 1 fully saturated rings. The van der Waals surface area contributed by atoms with Crippen LogP contribution in [0.3, 0.4) is 0 Å². The molecule has 17 heavy (non-hydrogen) atoms. The molecule has 0 aromatic rings. The Morgan fingerprint density at radius 3 is 2.59 bits per heavy atom. The van der Waals surface area contributed by atoms with Crippen LogP contribution in [0.2, 0.25) is 0 Å². The Hall–Kier alpha value is -0.490. The largest absolute Gasteiger partial charge is 0.475 e. The predicted molar refractivity (Wildman–Crippen MR) is 70.2 cm³/mol. The minimum absolute atomic E-state index is 0.262. The zero-order valence-electron chi connectivity index (χ0n) is 9.70. The molecule has 1 aliphatic heterocycles. The van der Waals surface area contributed by atoms with E-state index in [4.69, 9.17) is 4.74 Å². The molecule has 0 atom stereocenters. The fourth-order valence-corrected chi connectivity index (χ4v) is 3.35. The van der Waals surface area contributed by atoms with Gasteiger partial charge in [0, 0.05) is 6.26 Å². The first-order chi connectivity index (χ1) is 7.97. The summed E-state index contributed by atoms with van der Waals surface area (Å²) >= 11 is 3.35. The summed E-state index contributed by atoms with van der Waals surface area (Å²) in [6.45, 7) is 0.302. The van der Waals surface area contributed by atoms with Crippen LogP contribution in [0, 0.1) is 0 Å². The van der Waals surface area contributed by atoms with Crippen molar-refractivity contribution in [2.45, 2.75) is 31.8 Å². The number of nitrogens with one attached hydrogen (secondary N) is 1. The number of allylic oxidation sites excluding steroid dienone is 2. The smallest absolute Gasteiger partial charge is 0.201 e. The maximum absolute atomic E-state index is 11.4. The van der Waals surface area contributed by atoms with Crippen molar-refractivity contribution in [1.29, 1.82) is 0 Å². The molecular formula is C11H16BrNO3S. The highest BCUT2D eigenvalue weighted by Gasteiger charge is 2.23. The third kappa shape index (κ3) is 3.25. The van der Waals surface area contributed by atoms with Gasteiger partial charge >= 0.3 is 0 Å². The Morgan fingerprint density at radius 2 is 2.06 bits per heavy atom. The Bertz CT molecular complexity index is 461. The van der Waals surface area contributed by atoms with Crippen molar-refractivity contribution in [1.82, 2.24) is 5.32 Å². The molecule has 0 amide bonds. The Morgan fingerprint density at radius 1 is 1.41 bits per heavy atom. The van der Waals surface area contributed by atoms with Gasteiger partial charge in [-0.05, 0) is 47.7 Å². The SMILES string of the molecule is CS(=O)(=O)C1=CC(Br)=C(OC2CCCC2)NC1. The van der Waals surface area contributed by atoms with Gasteiger partial charge in [0.15, 0.2) is 9.84 Å². The zero-order chi connectivity index (χ0) is 12.5. The molecule has 2 aliphatic rings. The normalized spacial score (nSPS) is 22.4. The van der Waals surface area contributed by atoms with E-state index in [0.717, 1.165) is 12.8 Å². The van der Waals surface area contributed by atoms with E-state index in [1.807, 2.05) is 0 Å². The second-order valence-corrected chi connectivity index (χ2v) is 7.36. The number of halogens is 1. The van der Waals surface area contributed by atoms with Crippen molar-refractivity contribution in [2.75, 3.05) is 12.8 Å². The molecule has 0 aromatic carbocycles. The summed E-state index contributed by atoms with van der Waals surface area (Å²) in [5.74, 6) is 0.657. The second kappa shape index (κ2) is 5.02. The molecule has 2 rings (SSSR count). The van der Waals surface area contributed by atoms with Crippen molar-refractivity contribution < 1.29 is 13.2 Å². The highest BCUT2D eigenvalue weighted by Crippen LogP contribution is 2.27. The van der Waals surface area contributed by atoms with E-state index in [9.17, 15) is 8.42 Å². The molecule has 1 aliphatic carbocycles. The molecule has 6 heteroatoms. The van der Waals surface area contributed by atoms with Crippen molar-refractivity contribution in [3.63, 3.8) is 0 Å². The molecule has 0 spiro atoms. The van der Waals surface area contributed by atoms with Crippen LogP contribution in [-0.4, -0.2) is 27.3 Å². The van der Waals surface area contributed by atoms with Crippen LogP contribution in [0.25, 0.3) is 0 Å². The molecule has 96 valence electrons. The average Bonchev–Trinajstić information content (AvgIpc) is 2.72.